The summed E-state index contributed by atoms with van der Waals surface area (Å²) in [6.45, 7) is 4.01. The van der Waals surface area contributed by atoms with Gasteiger partial charge in [0.1, 0.15) is 17.3 Å². The van der Waals surface area contributed by atoms with Crippen LogP contribution < -0.4 is 4.74 Å². The minimum absolute atomic E-state index is 0.264. The van der Waals surface area contributed by atoms with Crippen molar-refractivity contribution >= 4 is 5.91 Å². The third kappa shape index (κ3) is 4.60. The molecule has 4 rings (SSSR count). The first-order valence-corrected chi connectivity index (χ1v) is 10.6. The van der Waals surface area contributed by atoms with E-state index < -0.39 is 0 Å². The number of carbonyl (C=O) groups is 1. The SMILES string of the molecule is COc1ccc(CC2CCN(C(=O)CCc3ccc(C4CC4C)o3)CC2)cc1. The lowest BCUT2D eigenvalue weighted by Gasteiger charge is -2.32. The van der Waals surface area contributed by atoms with E-state index in [4.69, 9.17) is 9.15 Å². The summed E-state index contributed by atoms with van der Waals surface area (Å²) in [5, 5.41) is 0. The van der Waals surface area contributed by atoms with Gasteiger partial charge < -0.3 is 14.1 Å². The fraction of sp³-hybridized carbons (Fsp3) is 0.542. The summed E-state index contributed by atoms with van der Waals surface area (Å²) in [6, 6.07) is 12.5. The van der Waals surface area contributed by atoms with Crippen LogP contribution in [0.5, 0.6) is 5.75 Å². The zero-order chi connectivity index (χ0) is 19.5. The number of nitrogens with zero attached hydrogens (tertiary/aromatic N) is 1. The number of piperidine rings is 1. The Balaban J connectivity index is 1.19. The minimum Gasteiger partial charge on any atom is -0.497 e. The number of hydrogen-bond acceptors (Lipinski definition) is 3. The van der Waals surface area contributed by atoms with E-state index in [1.807, 2.05) is 17.0 Å². The standard InChI is InChI=1S/C24H31NO3/c1-17-15-22(17)23-9-7-21(28-23)8-10-24(26)25-13-11-19(12-14-25)16-18-3-5-20(27-2)6-4-18/h3-7,9,17,19,22H,8,10-16H2,1-2H3. The number of hydrogen-bond donors (Lipinski definition) is 0. The van der Waals surface area contributed by atoms with Gasteiger partial charge in [-0.25, -0.2) is 0 Å². The molecule has 1 saturated carbocycles. The van der Waals surface area contributed by atoms with Gasteiger partial charge in [-0.15, -0.1) is 0 Å². The fourth-order valence-corrected chi connectivity index (χ4v) is 4.32. The van der Waals surface area contributed by atoms with Crippen LogP contribution in [-0.4, -0.2) is 31.0 Å². The molecule has 1 aromatic carbocycles. The molecule has 1 saturated heterocycles. The number of amides is 1. The summed E-state index contributed by atoms with van der Waals surface area (Å²) in [5.41, 5.74) is 1.35. The van der Waals surface area contributed by atoms with Crippen molar-refractivity contribution in [2.75, 3.05) is 20.2 Å². The predicted molar refractivity (Wildman–Crippen MR) is 110 cm³/mol. The molecule has 1 amide bonds. The van der Waals surface area contributed by atoms with Crippen molar-refractivity contribution in [2.45, 2.75) is 51.4 Å². The molecule has 1 aromatic heterocycles. The number of furan rings is 1. The largest absolute Gasteiger partial charge is 0.497 e. The van der Waals surface area contributed by atoms with E-state index in [0.717, 1.165) is 55.5 Å². The van der Waals surface area contributed by atoms with Gasteiger partial charge in [0.15, 0.2) is 0 Å². The number of methoxy groups -OCH3 is 1. The van der Waals surface area contributed by atoms with E-state index >= 15 is 0 Å². The number of carbonyl (C=O) groups excluding carboxylic acids is 1. The van der Waals surface area contributed by atoms with Gasteiger partial charge in [-0.1, -0.05) is 19.1 Å². The Morgan fingerprint density at radius 1 is 1.14 bits per heavy atom. The first kappa shape index (κ1) is 19.1. The average molecular weight is 382 g/mol. The molecule has 2 fully saturated rings. The van der Waals surface area contributed by atoms with Crippen LogP contribution in [0.3, 0.4) is 0 Å². The van der Waals surface area contributed by atoms with Gasteiger partial charge in [0.25, 0.3) is 0 Å². The molecule has 0 bridgehead atoms. The maximum Gasteiger partial charge on any atom is 0.223 e. The summed E-state index contributed by atoms with van der Waals surface area (Å²) in [6.07, 6.45) is 5.75. The first-order valence-electron chi connectivity index (χ1n) is 10.6. The van der Waals surface area contributed by atoms with Gasteiger partial charge in [0.05, 0.1) is 7.11 Å². The highest BCUT2D eigenvalue weighted by atomic mass is 16.5. The molecule has 2 aliphatic rings. The Morgan fingerprint density at radius 3 is 2.50 bits per heavy atom. The topological polar surface area (TPSA) is 42.7 Å². The summed E-state index contributed by atoms with van der Waals surface area (Å²) < 4.78 is 11.2. The van der Waals surface area contributed by atoms with Crippen molar-refractivity contribution < 1.29 is 13.9 Å². The first-order chi connectivity index (χ1) is 13.6. The van der Waals surface area contributed by atoms with Crippen LogP contribution in [0.4, 0.5) is 0 Å². The fourth-order valence-electron chi connectivity index (χ4n) is 4.32. The van der Waals surface area contributed by atoms with E-state index in [1.54, 1.807) is 7.11 Å². The molecule has 4 heteroatoms. The lowest BCUT2D eigenvalue weighted by atomic mass is 9.90. The maximum absolute atomic E-state index is 12.6. The number of aryl methyl sites for hydroxylation is 1. The quantitative estimate of drug-likeness (QED) is 0.690. The third-order valence-corrected chi connectivity index (χ3v) is 6.39. The van der Waals surface area contributed by atoms with Crippen molar-refractivity contribution in [2.24, 2.45) is 11.8 Å². The summed E-state index contributed by atoms with van der Waals surface area (Å²) >= 11 is 0. The van der Waals surface area contributed by atoms with E-state index in [9.17, 15) is 4.79 Å². The maximum atomic E-state index is 12.6. The van der Waals surface area contributed by atoms with Crippen LogP contribution in [0.15, 0.2) is 40.8 Å². The molecule has 2 aromatic rings. The van der Waals surface area contributed by atoms with Gasteiger partial charge in [-0.2, -0.15) is 0 Å². The van der Waals surface area contributed by atoms with Gasteiger partial charge in [-0.3, -0.25) is 4.79 Å². The second kappa shape index (κ2) is 8.42. The van der Waals surface area contributed by atoms with Crippen molar-refractivity contribution in [1.29, 1.82) is 0 Å². The molecule has 2 heterocycles. The van der Waals surface area contributed by atoms with Crippen molar-refractivity contribution in [3.63, 3.8) is 0 Å². The Hall–Kier alpha value is -2.23. The summed E-state index contributed by atoms with van der Waals surface area (Å²) in [5.74, 6) is 5.24. The van der Waals surface area contributed by atoms with E-state index in [-0.39, 0.29) is 5.91 Å². The van der Waals surface area contributed by atoms with Crippen molar-refractivity contribution in [3.8, 4) is 5.75 Å². The van der Waals surface area contributed by atoms with Crippen LogP contribution in [0.25, 0.3) is 0 Å². The lowest BCUT2D eigenvalue weighted by Crippen LogP contribution is -2.39. The predicted octanol–water partition coefficient (Wildman–Crippen LogP) is 4.83. The molecule has 1 aliphatic carbocycles. The number of benzene rings is 1. The minimum atomic E-state index is 0.264. The van der Waals surface area contributed by atoms with Crippen LogP contribution in [0.1, 0.15) is 55.6 Å². The van der Waals surface area contributed by atoms with Crippen molar-refractivity contribution in [1.82, 2.24) is 4.90 Å². The van der Waals surface area contributed by atoms with Crippen LogP contribution in [0.2, 0.25) is 0 Å². The monoisotopic (exact) mass is 381 g/mol. The summed E-state index contributed by atoms with van der Waals surface area (Å²) in [7, 11) is 1.69. The molecule has 28 heavy (non-hydrogen) atoms. The van der Waals surface area contributed by atoms with Gasteiger partial charge >= 0.3 is 0 Å². The molecule has 0 spiro atoms. The molecule has 0 N–H and O–H groups in total. The van der Waals surface area contributed by atoms with E-state index in [0.29, 0.717) is 24.7 Å². The highest BCUT2D eigenvalue weighted by molar-refractivity contribution is 5.76. The third-order valence-electron chi connectivity index (χ3n) is 6.39. The van der Waals surface area contributed by atoms with Crippen molar-refractivity contribution in [3.05, 3.63) is 53.5 Å². The zero-order valence-electron chi connectivity index (χ0n) is 17.0. The lowest BCUT2D eigenvalue weighted by molar-refractivity contribution is -0.132. The molecule has 2 atom stereocenters. The number of rotatable bonds is 7. The summed E-state index contributed by atoms with van der Waals surface area (Å²) in [4.78, 5) is 14.6. The molecule has 4 nitrogen and oxygen atoms in total. The molecular formula is C24H31NO3. The normalized spacial score (nSPS) is 22.3. The Bertz CT molecular complexity index is 786. The Kier molecular flexibility index (Phi) is 5.74. The number of likely N-dealkylation sites (tertiary alicyclic amines) is 1. The van der Waals surface area contributed by atoms with E-state index in [2.05, 4.69) is 31.2 Å². The second-order valence-corrected chi connectivity index (χ2v) is 8.50. The molecular weight excluding hydrogens is 350 g/mol. The Labute approximate surface area is 167 Å². The second-order valence-electron chi connectivity index (χ2n) is 8.50. The smallest absolute Gasteiger partial charge is 0.223 e. The highest BCUT2D eigenvalue weighted by Crippen LogP contribution is 2.47. The molecule has 1 aliphatic heterocycles. The highest BCUT2D eigenvalue weighted by Gasteiger charge is 2.36. The zero-order valence-corrected chi connectivity index (χ0v) is 17.0. The van der Waals surface area contributed by atoms with Gasteiger partial charge in [0, 0.05) is 31.8 Å². The molecule has 150 valence electrons. The van der Waals surface area contributed by atoms with Gasteiger partial charge in [0.2, 0.25) is 5.91 Å². The Morgan fingerprint density at radius 2 is 1.86 bits per heavy atom. The van der Waals surface area contributed by atoms with Crippen LogP contribution in [0, 0.1) is 11.8 Å². The molecule has 0 radical (unpaired) electrons. The van der Waals surface area contributed by atoms with Crippen LogP contribution in [-0.2, 0) is 17.6 Å². The van der Waals surface area contributed by atoms with Crippen LogP contribution >= 0.6 is 0 Å². The average Bonchev–Trinajstić information content (AvgIpc) is 3.26. The van der Waals surface area contributed by atoms with Gasteiger partial charge in [-0.05, 0) is 67.3 Å². The molecule has 2 unspecified atom stereocenters. The van der Waals surface area contributed by atoms with E-state index in [1.165, 1.54) is 12.0 Å². The number of ether oxygens (including phenoxy) is 1.